The zero-order valence-electron chi connectivity index (χ0n) is 11.8. The Morgan fingerprint density at radius 1 is 1.37 bits per heavy atom. The van der Waals surface area contributed by atoms with Gasteiger partial charge in [-0.1, -0.05) is 44.2 Å². The first-order chi connectivity index (χ1) is 9.20. The lowest BCUT2D eigenvalue weighted by atomic mass is 10.1. The Morgan fingerprint density at radius 2 is 2.05 bits per heavy atom. The van der Waals surface area contributed by atoms with Crippen LogP contribution in [-0.2, 0) is 16.1 Å². The van der Waals surface area contributed by atoms with Gasteiger partial charge in [0.1, 0.15) is 6.61 Å². The summed E-state index contributed by atoms with van der Waals surface area (Å²) in [7, 11) is 0. The lowest BCUT2D eigenvalue weighted by Crippen LogP contribution is -2.34. The first kappa shape index (κ1) is 14.1. The van der Waals surface area contributed by atoms with Gasteiger partial charge in [-0.05, 0) is 24.9 Å². The molecule has 0 N–H and O–H groups in total. The topological polar surface area (TPSA) is 29.5 Å². The Hall–Kier alpha value is -1.35. The molecule has 3 nitrogen and oxygen atoms in total. The molecule has 1 unspecified atom stereocenters. The van der Waals surface area contributed by atoms with Gasteiger partial charge in [-0.15, -0.1) is 0 Å². The van der Waals surface area contributed by atoms with E-state index in [1.807, 2.05) is 37.3 Å². The number of hydrogen-bond acceptors (Lipinski definition) is 3. The molecule has 1 aliphatic carbocycles. The third-order valence-corrected chi connectivity index (χ3v) is 3.60. The third kappa shape index (κ3) is 4.35. The normalized spacial score (nSPS) is 16.4. The standard InChI is InChI=1S/C16H23NO2/c1-3-17(15-9-10-15)11-13(2)16(18)19-12-14-7-5-4-6-8-14/h4-8,13,15H,3,9-12H2,1-2H3. The van der Waals surface area contributed by atoms with Crippen LogP contribution in [0.15, 0.2) is 30.3 Å². The van der Waals surface area contributed by atoms with E-state index in [1.54, 1.807) is 0 Å². The molecule has 1 saturated carbocycles. The molecule has 1 aromatic rings. The lowest BCUT2D eigenvalue weighted by molar-refractivity contribution is -0.150. The summed E-state index contributed by atoms with van der Waals surface area (Å²) in [5.74, 6) is -0.146. The molecular weight excluding hydrogens is 238 g/mol. The van der Waals surface area contributed by atoms with Gasteiger partial charge < -0.3 is 4.74 Å². The Balaban J connectivity index is 1.75. The second kappa shape index (κ2) is 6.71. The van der Waals surface area contributed by atoms with Crippen LogP contribution in [0.5, 0.6) is 0 Å². The summed E-state index contributed by atoms with van der Waals surface area (Å²) < 4.78 is 5.37. The van der Waals surface area contributed by atoms with Crippen molar-refractivity contribution in [3.63, 3.8) is 0 Å². The number of carbonyl (C=O) groups is 1. The SMILES string of the molecule is CCN(CC(C)C(=O)OCc1ccccc1)C1CC1. The molecule has 1 aromatic carbocycles. The predicted octanol–water partition coefficient (Wildman–Crippen LogP) is 2.85. The molecule has 0 saturated heterocycles. The van der Waals surface area contributed by atoms with E-state index in [2.05, 4.69) is 11.8 Å². The average molecular weight is 261 g/mol. The van der Waals surface area contributed by atoms with E-state index in [1.165, 1.54) is 12.8 Å². The maximum absolute atomic E-state index is 12.0. The number of ether oxygens (including phenoxy) is 1. The lowest BCUT2D eigenvalue weighted by Gasteiger charge is -2.23. The summed E-state index contributed by atoms with van der Waals surface area (Å²) in [6, 6.07) is 10.5. The van der Waals surface area contributed by atoms with E-state index in [9.17, 15) is 4.79 Å². The summed E-state index contributed by atoms with van der Waals surface area (Å²) in [6.45, 7) is 6.31. The minimum absolute atomic E-state index is 0.0516. The van der Waals surface area contributed by atoms with Crippen LogP contribution in [0.4, 0.5) is 0 Å². The number of benzene rings is 1. The largest absolute Gasteiger partial charge is 0.461 e. The molecule has 2 rings (SSSR count). The third-order valence-electron chi connectivity index (χ3n) is 3.60. The minimum Gasteiger partial charge on any atom is -0.461 e. The molecule has 0 radical (unpaired) electrons. The number of hydrogen-bond donors (Lipinski definition) is 0. The van der Waals surface area contributed by atoms with Crippen LogP contribution < -0.4 is 0 Å². The molecule has 0 aromatic heterocycles. The highest BCUT2D eigenvalue weighted by Gasteiger charge is 2.30. The smallest absolute Gasteiger partial charge is 0.310 e. The molecule has 0 aliphatic heterocycles. The highest BCUT2D eigenvalue weighted by molar-refractivity contribution is 5.72. The summed E-state index contributed by atoms with van der Waals surface area (Å²) >= 11 is 0. The van der Waals surface area contributed by atoms with Crippen LogP contribution in [-0.4, -0.2) is 30.0 Å². The molecule has 1 atom stereocenters. The van der Waals surface area contributed by atoms with Gasteiger partial charge in [-0.2, -0.15) is 0 Å². The summed E-state index contributed by atoms with van der Waals surface area (Å²) in [5, 5.41) is 0. The van der Waals surface area contributed by atoms with E-state index in [4.69, 9.17) is 4.74 Å². The van der Waals surface area contributed by atoms with Gasteiger partial charge in [0, 0.05) is 12.6 Å². The van der Waals surface area contributed by atoms with Gasteiger partial charge in [0.15, 0.2) is 0 Å². The number of rotatable bonds is 7. The fourth-order valence-corrected chi connectivity index (χ4v) is 2.27. The van der Waals surface area contributed by atoms with Gasteiger partial charge in [-0.3, -0.25) is 9.69 Å². The van der Waals surface area contributed by atoms with E-state index < -0.39 is 0 Å². The fraction of sp³-hybridized carbons (Fsp3) is 0.562. The first-order valence-electron chi connectivity index (χ1n) is 7.15. The van der Waals surface area contributed by atoms with Gasteiger partial charge in [0.25, 0.3) is 0 Å². The van der Waals surface area contributed by atoms with E-state index in [-0.39, 0.29) is 11.9 Å². The Labute approximate surface area is 115 Å². The zero-order chi connectivity index (χ0) is 13.7. The highest BCUT2D eigenvalue weighted by atomic mass is 16.5. The maximum Gasteiger partial charge on any atom is 0.310 e. The molecule has 104 valence electrons. The van der Waals surface area contributed by atoms with Crippen molar-refractivity contribution in [3.8, 4) is 0 Å². The van der Waals surface area contributed by atoms with Gasteiger partial charge in [0.05, 0.1) is 5.92 Å². The Morgan fingerprint density at radius 3 is 2.63 bits per heavy atom. The maximum atomic E-state index is 12.0. The Bertz CT molecular complexity index is 400. The molecule has 3 heteroatoms. The van der Waals surface area contributed by atoms with Gasteiger partial charge in [-0.25, -0.2) is 0 Å². The molecular formula is C16H23NO2. The number of esters is 1. The molecule has 0 bridgehead atoms. The summed E-state index contributed by atoms with van der Waals surface area (Å²) in [5.41, 5.74) is 1.04. The number of nitrogens with zero attached hydrogens (tertiary/aromatic N) is 1. The van der Waals surface area contributed by atoms with Crippen molar-refractivity contribution in [1.82, 2.24) is 4.90 Å². The van der Waals surface area contributed by atoms with Crippen molar-refractivity contribution in [2.75, 3.05) is 13.1 Å². The zero-order valence-corrected chi connectivity index (χ0v) is 11.8. The van der Waals surface area contributed by atoms with Crippen molar-refractivity contribution in [2.45, 2.75) is 39.3 Å². The molecule has 1 aliphatic rings. The molecule has 19 heavy (non-hydrogen) atoms. The van der Waals surface area contributed by atoms with E-state index >= 15 is 0 Å². The monoisotopic (exact) mass is 261 g/mol. The molecule has 0 amide bonds. The highest BCUT2D eigenvalue weighted by Crippen LogP contribution is 2.27. The van der Waals surface area contributed by atoms with Gasteiger partial charge in [0.2, 0.25) is 0 Å². The van der Waals surface area contributed by atoms with Crippen LogP contribution in [0.3, 0.4) is 0 Å². The van der Waals surface area contributed by atoms with Crippen molar-refractivity contribution >= 4 is 5.97 Å². The summed E-state index contributed by atoms with van der Waals surface area (Å²) in [4.78, 5) is 14.3. The second-order valence-electron chi connectivity index (χ2n) is 5.31. The molecule has 0 spiro atoms. The van der Waals surface area contributed by atoms with Crippen LogP contribution >= 0.6 is 0 Å². The van der Waals surface area contributed by atoms with Crippen molar-refractivity contribution < 1.29 is 9.53 Å². The first-order valence-corrected chi connectivity index (χ1v) is 7.15. The number of carbonyl (C=O) groups excluding carboxylic acids is 1. The van der Waals surface area contributed by atoms with Crippen LogP contribution in [0, 0.1) is 5.92 Å². The van der Waals surface area contributed by atoms with E-state index in [0.29, 0.717) is 12.6 Å². The fourth-order valence-electron chi connectivity index (χ4n) is 2.27. The van der Waals surface area contributed by atoms with Crippen molar-refractivity contribution in [1.29, 1.82) is 0 Å². The van der Waals surface area contributed by atoms with Crippen molar-refractivity contribution in [2.24, 2.45) is 5.92 Å². The van der Waals surface area contributed by atoms with Crippen LogP contribution in [0.25, 0.3) is 0 Å². The minimum atomic E-state index is -0.0945. The average Bonchev–Trinajstić information content (AvgIpc) is 3.27. The van der Waals surface area contributed by atoms with Crippen molar-refractivity contribution in [3.05, 3.63) is 35.9 Å². The molecule has 1 fully saturated rings. The second-order valence-corrected chi connectivity index (χ2v) is 5.31. The van der Waals surface area contributed by atoms with E-state index in [0.717, 1.165) is 18.7 Å². The quantitative estimate of drug-likeness (QED) is 0.707. The Kier molecular flexibility index (Phi) is 4.97. The van der Waals surface area contributed by atoms with Crippen LogP contribution in [0.2, 0.25) is 0 Å². The summed E-state index contributed by atoms with van der Waals surface area (Å²) in [6.07, 6.45) is 2.55. The van der Waals surface area contributed by atoms with Crippen LogP contribution in [0.1, 0.15) is 32.3 Å². The molecule has 0 heterocycles. The van der Waals surface area contributed by atoms with Gasteiger partial charge >= 0.3 is 5.97 Å². The predicted molar refractivity (Wildman–Crippen MR) is 75.7 cm³/mol.